The Morgan fingerprint density at radius 3 is 2.82 bits per heavy atom. The van der Waals surface area contributed by atoms with Crippen LogP contribution in [0.25, 0.3) is 0 Å². The van der Waals surface area contributed by atoms with Gasteiger partial charge in [0.15, 0.2) is 11.5 Å². The highest BCUT2D eigenvalue weighted by atomic mass is 16.7. The van der Waals surface area contributed by atoms with Crippen LogP contribution in [0.1, 0.15) is 38.2 Å². The van der Waals surface area contributed by atoms with Crippen LogP contribution >= 0.6 is 0 Å². The van der Waals surface area contributed by atoms with E-state index in [4.69, 9.17) is 14.2 Å². The Morgan fingerprint density at radius 2 is 2.00 bits per heavy atom. The van der Waals surface area contributed by atoms with Gasteiger partial charge in [-0.25, -0.2) is 0 Å². The zero-order valence-electron chi connectivity index (χ0n) is 16.0. The highest BCUT2D eigenvalue weighted by Gasteiger charge is 2.37. The molecule has 2 aromatic carbocycles. The van der Waals surface area contributed by atoms with E-state index < -0.39 is 11.9 Å². The van der Waals surface area contributed by atoms with Gasteiger partial charge in [-0.2, -0.15) is 0 Å². The highest BCUT2D eigenvalue weighted by molar-refractivity contribution is 6.00. The maximum atomic E-state index is 12.6. The third-order valence-corrected chi connectivity index (χ3v) is 5.39. The van der Waals surface area contributed by atoms with Crippen LogP contribution in [-0.2, 0) is 9.59 Å². The van der Waals surface area contributed by atoms with Crippen LogP contribution in [0.3, 0.4) is 0 Å². The minimum atomic E-state index is -0.497. The van der Waals surface area contributed by atoms with Crippen molar-refractivity contribution in [2.75, 3.05) is 18.2 Å². The number of carbonyl (C=O) groups is 2. The minimum Gasteiger partial charge on any atom is -0.454 e. The van der Waals surface area contributed by atoms with Crippen molar-refractivity contribution in [2.24, 2.45) is 5.92 Å². The SMILES string of the molecule is CC[C@@H](C)c1ccccc1N1C[C@@H](C(=O)Oc2ccc3c(c2)OCO3)CC1=O. The summed E-state index contributed by atoms with van der Waals surface area (Å²) in [4.78, 5) is 27.0. The van der Waals surface area contributed by atoms with Gasteiger partial charge in [-0.3, -0.25) is 9.59 Å². The zero-order valence-corrected chi connectivity index (χ0v) is 16.0. The van der Waals surface area contributed by atoms with E-state index in [0.29, 0.717) is 29.7 Å². The topological polar surface area (TPSA) is 65.1 Å². The molecule has 0 aliphatic carbocycles. The van der Waals surface area contributed by atoms with Crippen molar-refractivity contribution in [1.29, 1.82) is 0 Å². The normalized spacial score (nSPS) is 19.0. The maximum absolute atomic E-state index is 12.6. The van der Waals surface area contributed by atoms with E-state index in [1.54, 1.807) is 23.1 Å². The summed E-state index contributed by atoms with van der Waals surface area (Å²) in [6.07, 6.45) is 1.13. The monoisotopic (exact) mass is 381 g/mol. The fourth-order valence-corrected chi connectivity index (χ4v) is 3.61. The molecule has 4 rings (SSSR count). The third kappa shape index (κ3) is 3.42. The van der Waals surface area contributed by atoms with Gasteiger partial charge >= 0.3 is 5.97 Å². The van der Waals surface area contributed by atoms with Gasteiger partial charge in [0.25, 0.3) is 0 Å². The van der Waals surface area contributed by atoms with Gasteiger partial charge < -0.3 is 19.1 Å². The van der Waals surface area contributed by atoms with Gasteiger partial charge in [-0.15, -0.1) is 0 Å². The second-order valence-corrected chi connectivity index (χ2v) is 7.21. The van der Waals surface area contributed by atoms with E-state index in [2.05, 4.69) is 19.9 Å². The Bertz CT molecular complexity index is 910. The van der Waals surface area contributed by atoms with Crippen LogP contribution in [0.2, 0.25) is 0 Å². The van der Waals surface area contributed by atoms with Crippen LogP contribution < -0.4 is 19.1 Å². The van der Waals surface area contributed by atoms with E-state index in [9.17, 15) is 9.59 Å². The molecule has 0 spiro atoms. The number of hydrogen-bond acceptors (Lipinski definition) is 5. The van der Waals surface area contributed by atoms with Gasteiger partial charge in [-0.1, -0.05) is 32.0 Å². The van der Waals surface area contributed by atoms with Crippen molar-refractivity contribution < 1.29 is 23.8 Å². The Balaban J connectivity index is 1.48. The number of para-hydroxylation sites is 1. The molecule has 1 fully saturated rings. The highest BCUT2D eigenvalue weighted by Crippen LogP contribution is 2.36. The molecule has 6 heteroatoms. The molecule has 28 heavy (non-hydrogen) atoms. The first-order valence-corrected chi connectivity index (χ1v) is 9.57. The molecular weight excluding hydrogens is 358 g/mol. The predicted octanol–water partition coefficient (Wildman–Crippen LogP) is 3.89. The van der Waals surface area contributed by atoms with Gasteiger partial charge in [0.1, 0.15) is 5.75 Å². The fourth-order valence-electron chi connectivity index (χ4n) is 3.61. The molecule has 2 aliphatic rings. The first-order chi connectivity index (χ1) is 13.6. The van der Waals surface area contributed by atoms with E-state index >= 15 is 0 Å². The lowest BCUT2D eigenvalue weighted by Gasteiger charge is -2.23. The number of benzene rings is 2. The van der Waals surface area contributed by atoms with Crippen molar-refractivity contribution in [3.05, 3.63) is 48.0 Å². The summed E-state index contributed by atoms with van der Waals surface area (Å²) in [5.74, 6) is 0.950. The zero-order chi connectivity index (χ0) is 19.7. The summed E-state index contributed by atoms with van der Waals surface area (Å²) in [5, 5.41) is 0. The summed E-state index contributed by atoms with van der Waals surface area (Å²) in [6, 6.07) is 12.9. The molecule has 0 saturated carbocycles. The van der Waals surface area contributed by atoms with Crippen LogP contribution in [0, 0.1) is 5.92 Å². The molecular formula is C22H23NO5. The number of hydrogen-bond donors (Lipinski definition) is 0. The number of fused-ring (bicyclic) bond motifs is 1. The second kappa shape index (κ2) is 7.54. The fraction of sp³-hybridized carbons (Fsp3) is 0.364. The maximum Gasteiger partial charge on any atom is 0.316 e. The lowest BCUT2D eigenvalue weighted by molar-refractivity contribution is -0.139. The minimum absolute atomic E-state index is 0.0524. The van der Waals surface area contributed by atoms with Crippen molar-refractivity contribution >= 4 is 17.6 Å². The molecule has 2 aromatic rings. The van der Waals surface area contributed by atoms with E-state index in [-0.39, 0.29) is 19.1 Å². The Morgan fingerprint density at radius 1 is 1.21 bits per heavy atom. The number of ether oxygens (including phenoxy) is 3. The molecule has 2 atom stereocenters. The van der Waals surface area contributed by atoms with E-state index in [0.717, 1.165) is 17.7 Å². The van der Waals surface area contributed by atoms with Gasteiger partial charge in [-0.05, 0) is 36.1 Å². The average molecular weight is 381 g/mol. The number of nitrogens with zero attached hydrogens (tertiary/aromatic N) is 1. The van der Waals surface area contributed by atoms with Gasteiger partial charge in [0.05, 0.1) is 5.92 Å². The van der Waals surface area contributed by atoms with Crippen LogP contribution in [0.5, 0.6) is 17.2 Å². The smallest absolute Gasteiger partial charge is 0.316 e. The summed E-state index contributed by atoms with van der Waals surface area (Å²) in [6.45, 7) is 4.76. The van der Waals surface area contributed by atoms with E-state index in [1.807, 2.05) is 18.2 Å². The summed E-state index contributed by atoms with van der Waals surface area (Å²) >= 11 is 0. The van der Waals surface area contributed by atoms with Crippen molar-refractivity contribution in [1.82, 2.24) is 0 Å². The Hall–Kier alpha value is -3.02. The molecule has 0 radical (unpaired) electrons. The molecule has 6 nitrogen and oxygen atoms in total. The number of esters is 1. The number of anilines is 1. The molecule has 0 N–H and O–H groups in total. The molecule has 2 aliphatic heterocycles. The number of rotatable bonds is 5. The van der Waals surface area contributed by atoms with Crippen LogP contribution in [-0.4, -0.2) is 25.2 Å². The molecule has 1 amide bonds. The Labute approximate surface area is 164 Å². The van der Waals surface area contributed by atoms with Gasteiger partial charge in [0.2, 0.25) is 12.7 Å². The number of amides is 1. The number of carbonyl (C=O) groups excluding carboxylic acids is 2. The summed E-state index contributed by atoms with van der Waals surface area (Å²) < 4.78 is 16.1. The standard InChI is InChI=1S/C22H23NO5/c1-3-14(2)17-6-4-5-7-18(17)23-12-15(10-21(23)24)22(25)28-16-8-9-19-20(11-16)27-13-26-19/h4-9,11,14-15H,3,10,12-13H2,1-2H3/t14-,15+/m1/s1. The van der Waals surface area contributed by atoms with E-state index in [1.165, 1.54) is 0 Å². The summed E-state index contributed by atoms with van der Waals surface area (Å²) in [7, 11) is 0. The third-order valence-electron chi connectivity index (χ3n) is 5.39. The first kappa shape index (κ1) is 18.3. The quantitative estimate of drug-likeness (QED) is 0.581. The molecule has 0 bridgehead atoms. The first-order valence-electron chi connectivity index (χ1n) is 9.57. The Kier molecular flexibility index (Phi) is 4.94. The molecule has 0 aromatic heterocycles. The average Bonchev–Trinajstić information content (AvgIpc) is 3.33. The van der Waals surface area contributed by atoms with Crippen LogP contribution in [0.15, 0.2) is 42.5 Å². The molecule has 1 saturated heterocycles. The molecule has 2 heterocycles. The van der Waals surface area contributed by atoms with Crippen molar-refractivity contribution in [3.8, 4) is 17.2 Å². The lowest BCUT2D eigenvalue weighted by Crippen LogP contribution is -2.28. The lowest BCUT2D eigenvalue weighted by atomic mass is 9.96. The second-order valence-electron chi connectivity index (χ2n) is 7.21. The van der Waals surface area contributed by atoms with Crippen LogP contribution in [0.4, 0.5) is 5.69 Å². The molecule has 0 unspecified atom stereocenters. The summed E-state index contributed by atoms with van der Waals surface area (Å²) in [5.41, 5.74) is 2.02. The predicted molar refractivity (Wildman–Crippen MR) is 104 cm³/mol. The largest absolute Gasteiger partial charge is 0.454 e. The molecule has 146 valence electrons. The van der Waals surface area contributed by atoms with Gasteiger partial charge in [0, 0.05) is 24.7 Å². The van der Waals surface area contributed by atoms with Crippen molar-refractivity contribution in [3.63, 3.8) is 0 Å². The van der Waals surface area contributed by atoms with Crippen molar-refractivity contribution in [2.45, 2.75) is 32.6 Å².